The average Bonchev–Trinajstić information content (AvgIpc) is 2.52. The second kappa shape index (κ2) is 5.52. The van der Waals surface area contributed by atoms with E-state index in [-0.39, 0.29) is 0 Å². The minimum absolute atomic E-state index is 0.584. The molecule has 1 aliphatic carbocycles. The standard InChI is InChI=1S/C9H3F9S4/c10-6(11,1-2(19)4(21)5(22)3(1)20)7(12,13)8(14,15)9(16,17)18/h1-2,19H. The SMILES string of the molecule is FC(F)(F)C(F)(F)C(F)(F)C(F)(F)C1C(=S)C(=S)C(=S)C1S. The zero-order valence-corrected chi connectivity index (χ0v) is 13.1. The number of alkyl halides is 9. The van der Waals surface area contributed by atoms with Crippen LogP contribution >= 0.6 is 49.3 Å². The van der Waals surface area contributed by atoms with Crippen molar-refractivity contribution < 1.29 is 39.5 Å². The van der Waals surface area contributed by atoms with Crippen LogP contribution in [0.25, 0.3) is 0 Å². The maximum absolute atomic E-state index is 13.8. The van der Waals surface area contributed by atoms with Crippen LogP contribution in [0.1, 0.15) is 0 Å². The molecule has 0 heterocycles. The predicted octanol–water partition coefficient (Wildman–Crippen LogP) is 4.49. The first-order valence-electron chi connectivity index (χ1n) is 5.02. The van der Waals surface area contributed by atoms with E-state index in [0.717, 1.165) is 0 Å². The molecule has 0 aliphatic heterocycles. The number of hydrogen-bond donors (Lipinski definition) is 1. The molecule has 0 amide bonds. The number of rotatable bonds is 3. The van der Waals surface area contributed by atoms with Gasteiger partial charge in [0.25, 0.3) is 0 Å². The normalized spacial score (nSPS) is 25.1. The van der Waals surface area contributed by atoms with Gasteiger partial charge < -0.3 is 0 Å². The van der Waals surface area contributed by atoms with Crippen LogP contribution in [0.5, 0.6) is 0 Å². The van der Waals surface area contributed by atoms with Crippen molar-refractivity contribution in [1.82, 2.24) is 0 Å². The smallest absolute Gasteiger partial charge is 0.199 e. The van der Waals surface area contributed by atoms with Crippen LogP contribution < -0.4 is 0 Å². The van der Waals surface area contributed by atoms with Crippen LogP contribution in [0.3, 0.4) is 0 Å². The van der Waals surface area contributed by atoms with Crippen LogP contribution in [0, 0.1) is 5.92 Å². The van der Waals surface area contributed by atoms with E-state index in [4.69, 9.17) is 0 Å². The largest absolute Gasteiger partial charge is 0.460 e. The number of thiol groups is 1. The molecule has 0 radical (unpaired) electrons. The van der Waals surface area contributed by atoms with Crippen molar-refractivity contribution in [3.05, 3.63) is 0 Å². The van der Waals surface area contributed by atoms with Gasteiger partial charge in [-0.25, -0.2) is 0 Å². The van der Waals surface area contributed by atoms with Crippen LogP contribution in [0.2, 0.25) is 0 Å². The summed E-state index contributed by atoms with van der Waals surface area (Å²) in [6.45, 7) is 0. The van der Waals surface area contributed by atoms with Crippen LogP contribution in [0.15, 0.2) is 0 Å². The molecule has 0 N–H and O–H groups in total. The van der Waals surface area contributed by atoms with E-state index in [1.54, 1.807) is 0 Å². The highest BCUT2D eigenvalue weighted by Gasteiger charge is 2.84. The zero-order chi connectivity index (χ0) is 17.9. The van der Waals surface area contributed by atoms with Crippen LogP contribution in [-0.2, 0) is 0 Å². The van der Waals surface area contributed by atoms with Gasteiger partial charge in [0.15, 0.2) is 0 Å². The van der Waals surface area contributed by atoms with Crippen LogP contribution in [0.4, 0.5) is 39.5 Å². The number of hydrogen-bond acceptors (Lipinski definition) is 4. The lowest BCUT2D eigenvalue weighted by atomic mass is 9.90. The molecule has 13 heteroatoms. The first kappa shape index (κ1) is 20.0. The molecular weight excluding hydrogens is 407 g/mol. The summed E-state index contributed by atoms with van der Waals surface area (Å²) < 4.78 is 116. The molecule has 0 aromatic heterocycles. The first-order valence-corrected chi connectivity index (χ1v) is 6.76. The molecule has 0 nitrogen and oxygen atoms in total. The molecule has 126 valence electrons. The van der Waals surface area contributed by atoms with E-state index < -0.39 is 49.7 Å². The molecule has 0 aromatic carbocycles. The van der Waals surface area contributed by atoms with Crippen molar-refractivity contribution >= 4 is 63.9 Å². The second-order valence-corrected chi connectivity index (χ2v) is 6.09. The molecule has 0 spiro atoms. The fourth-order valence-corrected chi connectivity index (χ4v) is 3.25. The summed E-state index contributed by atoms with van der Waals surface area (Å²) in [7, 11) is 0. The molecule has 2 atom stereocenters. The lowest BCUT2D eigenvalue weighted by molar-refractivity contribution is -0.399. The molecular formula is C9H3F9S4. The third-order valence-corrected chi connectivity index (χ3v) is 5.22. The molecule has 1 fully saturated rings. The molecule has 0 bridgehead atoms. The Balaban J connectivity index is 3.43. The maximum Gasteiger partial charge on any atom is 0.460 e. The number of halogens is 9. The zero-order valence-electron chi connectivity index (χ0n) is 9.73. The van der Waals surface area contributed by atoms with Gasteiger partial charge in [0.05, 0.1) is 16.0 Å². The van der Waals surface area contributed by atoms with E-state index in [1.165, 1.54) is 0 Å². The van der Waals surface area contributed by atoms with Crippen LogP contribution in [-0.4, -0.2) is 43.8 Å². The maximum atomic E-state index is 13.8. The van der Waals surface area contributed by atoms with Crippen molar-refractivity contribution in [2.75, 3.05) is 0 Å². The molecule has 0 aromatic rings. The van der Waals surface area contributed by atoms with Crippen molar-refractivity contribution in [3.8, 4) is 0 Å². The summed E-state index contributed by atoms with van der Waals surface area (Å²) in [5, 5.41) is -1.97. The molecule has 1 aliphatic rings. The minimum atomic E-state index is -6.99. The molecule has 0 saturated heterocycles. The third kappa shape index (κ3) is 2.57. The van der Waals surface area contributed by atoms with Crippen molar-refractivity contribution in [3.63, 3.8) is 0 Å². The predicted molar refractivity (Wildman–Crippen MR) is 75.0 cm³/mol. The Bertz CT molecular complexity index is 536. The summed E-state index contributed by atoms with van der Waals surface area (Å²) in [4.78, 5) is -2.33. The minimum Gasteiger partial charge on any atom is -0.199 e. The first-order chi connectivity index (χ1) is 9.51. The fourth-order valence-electron chi connectivity index (χ4n) is 1.64. The summed E-state index contributed by atoms with van der Waals surface area (Å²) >= 11 is 16.7. The van der Waals surface area contributed by atoms with Gasteiger partial charge in [-0.1, -0.05) is 36.7 Å². The average molecular weight is 410 g/mol. The van der Waals surface area contributed by atoms with Crippen molar-refractivity contribution in [2.45, 2.75) is 29.2 Å². The van der Waals surface area contributed by atoms with E-state index in [2.05, 4.69) is 49.3 Å². The Morgan fingerprint density at radius 2 is 1.14 bits per heavy atom. The summed E-state index contributed by atoms with van der Waals surface area (Å²) in [5.74, 6) is -22.6. The molecule has 1 saturated carbocycles. The summed E-state index contributed by atoms with van der Waals surface area (Å²) in [6, 6.07) is 0. The molecule has 2 unspecified atom stereocenters. The third-order valence-electron chi connectivity index (χ3n) is 2.87. The quantitative estimate of drug-likeness (QED) is 0.414. The van der Waals surface area contributed by atoms with Crippen molar-refractivity contribution in [1.29, 1.82) is 0 Å². The van der Waals surface area contributed by atoms with Gasteiger partial charge in [-0.15, -0.1) is 0 Å². The topological polar surface area (TPSA) is 0 Å². The monoisotopic (exact) mass is 410 g/mol. The highest BCUT2D eigenvalue weighted by Crippen LogP contribution is 2.57. The van der Waals surface area contributed by atoms with Gasteiger partial charge in [-0.05, 0) is 0 Å². The van der Waals surface area contributed by atoms with Gasteiger partial charge >= 0.3 is 23.9 Å². The Hall–Kier alpha value is -0.0100. The molecule has 22 heavy (non-hydrogen) atoms. The van der Waals surface area contributed by atoms with Crippen molar-refractivity contribution in [2.24, 2.45) is 5.92 Å². The highest BCUT2D eigenvalue weighted by atomic mass is 32.1. The van der Waals surface area contributed by atoms with E-state index >= 15 is 0 Å². The summed E-state index contributed by atoms with van der Waals surface area (Å²) in [5.41, 5.74) is 0. The lowest BCUT2D eigenvalue weighted by Gasteiger charge is -2.37. The fraction of sp³-hybridized carbons (Fsp3) is 0.667. The van der Waals surface area contributed by atoms with Gasteiger partial charge in [0.1, 0.15) is 0 Å². The van der Waals surface area contributed by atoms with E-state index in [9.17, 15) is 39.5 Å². The Kier molecular flexibility index (Phi) is 5.02. The van der Waals surface area contributed by atoms with Gasteiger partial charge in [0.2, 0.25) is 0 Å². The van der Waals surface area contributed by atoms with E-state index in [0.29, 0.717) is 0 Å². The Morgan fingerprint density at radius 3 is 1.41 bits per heavy atom. The highest BCUT2D eigenvalue weighted by molar-refractivity contribution is 7.97. The van der Waals surface area contributed by atoms with E-state index in [1.807, 2.05) is 0 Å². The summed E-state index contributed by atoms with van der Waals surface area (Å²) in [6.07, 6.45) is -6.90. The van der Waals surface area contributed by atoms with Gasteiger partial charge in [0, 0.05) is 9.73 Å². The lowest BCUT2D eigenvalue weighted by Crippen LogP contribution is -2.64. The van der Waals surface area contributed by atoms with Gasteiger partial charge in [-0.3, -0.25) is 0 Å². The Labute approximate surface area is 138 Å². The second-order valence-electron chi connectivity index (χ2n) is 4.25. The Morgan fingerprint density at radius 1 is 0.727 bits per heavy atom. The number of thiocarbonyl (C=S) groups is 3. The molecule has 1 rings (SSSR count). The van der Waals surface area contributed by atoms with Gasteiger partial charge in [-0.2, -0.15) is 52.1 Å².